The van der Waals surface area contributed by atoms with Gasteiger partial charge in [-0.2, -0.15) is 0 Å². The number of hydrogen-bond acceptors (Lipinski definition) is 6. The summed E-state index contributed by atoms with van der Waals surface area (Å²) in [7, 11) is 0. The van der Waals surface area contributed by atoms with Crippen LogP contribution in [0.2, 0.25) is 5.02 Å². The third kappa shape index (κ3) is 3.83. The van der Waals surface area contributed by atoms with Crippen LogP contribution in [-0.2, 0) is 0 Å². The molecule has 0 atom stereocenters. The van der Waals surface area contributed by atoms with E-state index < -0.39 is 0 Å². The number of aromatic nitrogens is 3. The number of nitrogens with zero attached hydrogens (tertiary/aromatic N) is 3. The van der Waals surface area contributed by atoms with Gasteiger partial charge in [0.15, 0.2) is 5.82 Å². The molecule has 0 aliphatic carbocycles. The average Bonchev–Trinajstić information content (AvgIpc) is 2.95. The molecule has 0 radical (unpaired) electrons. The number of aryl methyl sites for hydroxylation is 1. The van der Waals surface area contributed by atoms with E-state index in [2.05, 4.69) is 25.8 Å². The topological polar surface area (TPSA) is 92.9 Å². The molecule has 0 fully saturated rings. The van der Waals surface area contributed by atoms with Gasteiger partial charge in [0.2, 0.25) is 5.95 Å². The fourth-order valence-electron chi connectivity index (χ4n) is 1.81. The fourth-order valence-corrected chi connectivity index (χ4v) is 1.94. The Balaban J connectivity index is 1.73. The Labute approximate surface area is 136 Å². The molecule has 0 bridgehead atoms. The van der Waals surface area contributed by atoms with Gasteiger partial charge in [-0.3, -0.25) is 4.79 Å². The Morgan fingerprint density at radius 1 is 1.22 bits per heavy atom. The van der Waals surface area contributed by atoms with Crippen molar-refractivity contribution in [2.45, 2.75) is 6.92 Å². The van der Waals surface area contributed by atoms with Gasteiger partial charge in [-0.15, -0.1) is 0 Å². The Morgan fingerprint density at radius 2 is 2.00 bits per heavy atom. The molecule has 7 nitrogen and oxygen atoms in total. The minimum absolute atomic E-state index is 0.220. The second-order valence-corrected chi connectivity index (χ2v) is 5.11. The zero-order valence-electron chi connectivity index (χ0n) is 12.1. The minimum atomic E-state index is -0.353. The van der Waals surface area contributed by atoms with Gasteiger partial charge in [0.25, 0.3) is 5.91 Å². The third-order valence-electron chi connectivity index (χ3n) is 2.86. The number of hydrogen-bond donors (Lipinski definition) is 2. The minimum Gasteiger partial charge on any atom is -0.360 e. The quantitative estimate of drug-likeness (QED) is 0.761. The lowest BCUT2D eigenvalue weighted by atomic mass is 10.3. The van der Waals surface area contributed by atoms with E-state index in [0.29, 0.717) is 22.3 Å². The zero-order chi connectivity index (χ0) is 16.2. The highest BCUT2D eigenvalue weighted by Gasteiger charge is 2.10. The molecule has 2 N–H and O–H groups in total. The molecule has 0 spiro atoms. The van der Waals surface area contributed by atoms with Gasteiger partial charge < -0.3 is 15.2 Å². The largest absolute Gasteiger partial charge is 0.360 e. The summed E-state index contributed by atoms with van der Waals surface area (Å²) in [5, 5.41) is 9.98. The van der Waals surface area contributed by atoms with Crippen molar-refractivity contribution in [1.29, 1.82) is 0 Å². The smallest absolute Gasteiger partial charge is 0.274 e. The molecule has 3 rings (SSSR count). The number of anilines is 3. The van der Waals surface area contributed by atoms with E-state index in [0.717, 1.165) is 0 Å². The van der Waals surface area contributed by atoms with Crippen LogP contribution < -0.4 is 10.6 Å². The summed E-state index contributed by atoms with van der Waals surface area (Å²) < 4.78 is 4.94. The Morgan fingerprint density at radius 3 is 2.70 bits per heavy atom. The lowest BCUT2D eigenvalue weighted by Gasteiger charge is -2.06. The highest BCUT2D eigenvalue weighted by atomic mass is 35.5. The van der Waals surface area contributed by atoms with Crippen LogP contribution in [0, 0.1) is 6.92 Å². The number of halogens is 1. The lowest BCUT2D eigenvalue weighted by molar-refractivity contribution is 0.102. The maximum absolute atomic E-state index is 12.2. The van der Waals surface area contributed by atoms with Crippen molar-refractivity contribution in [2.75, 3.05) is 10.6 Å². The van der Waals surface area contributed by atoms with Gasteiger partial charge >= 0.3 is 0 Å². The van der Waals surface area contributed by atoms with Crippen molar-refractivity contribution in [3.05, 3.63) is 59.1 Å². The first-order valence-corrected chi connectivity index (χ1v) is 7.08. The van der Waals surface area contributed by atoms with Gasteiger partial charge in [0.05, 0.1) is 0 Å². The summed E-state index contributed by atoms with van der Waals surface area (Å²) in [5.41, 5.74) is 0.845. The van der Waals surface area contributed by atoms with E-state index >= 15 is 0 Å². The third-order valence-corrected chi connectivity index (χ3v) is 3.11. The first-order chi connectivity index (χ1) is 11.1. The van der Waals surface area contributed by atoms with Crippen molar-refractivity contribution in [3.8, 4) is 0 Å². The van der Waals surface area contributed by atoms with Crippen molar-refractivity contribution in [2.24, 2.45) is 0 Å². The van der Waals surface area contributed by atoms with Crippen molar-refractivity contribution in [1.82, 2.24) is 15.1 Å². The van der Waals surface area contributed by atoms with Crippen LogP contribution in [0.1, 0.15) is 16.2 Å². The Bertz CT molecular complexity index is 832. The van der Waals surface area contributed by atoms with Crippen molar-refractivity contribution >= 4 is 35.0 Å². The van der Waals surface area contributed by atoms with Gasteiger partial charge in [0, 0.05) is 23.0 Å². The number of nitrogens with one attached hydrogen (secondary N) is 2. The summed E-state index contributed by atoms with van der Waals surface area (Å²) in [6, 6.07) is 10.0. The molecule has 23 heavy (non-hydrogen) atoms. The molecule has 3 aromatic rings. The predicted molar refractivity (Wildman–Crippen MR) is 86.0 cm³/mol. The molecular weight excluding hydrogens is 318 g/mol. The van der Waals surface area contributed by atoms with Crippen molar-refractivity contribution < 1.29 is 9.32 Å². The van der Waals surface area contributed by atoms with Gasteiger partial charge in [-0.05, 0) is 37.3 Å². The summed E-state index contributed by atoms with van der Waals surface area (Å²) in [5.74, 6) is 1.03. The first kappa shape index (κ1) is 15.0. The molecule has 2 aromatic heterocycles. The highest BCUT2D eigenvalue weighted by molar-refractivity contribution is 6.30. The fraction of sp³-hybridized carbons (Fsp3) is 0.0667. The van der Waals surface area contributed by atoms with Crippen LogP contribution >= 0.6 is 11.6 Å². The number of carbonyl (C=O) groups is 1. The van der Waals surface area contributed by atoms with Crippen LogP contribution in [0.3, 0.4) is 0 Å². The molecule has 0 saturated heterocycles. The highest BCUT2D eigenvalue weighted by Crippen LogP contribution is 2.15. The lowest BCUT2D eigenvalue weighted by Crippen LogP contribution is -2.14. The second kappa shape index (κ2) is 6.45. The summed E-state index contributed by atoms with van der Waals surface area (Å²) in [6.07, 6.45) is 1.49. The van der Waals surface area contributed by atoms with Crippen LogP contribution in [0.5, 0.6) is 0 Å². The molecule has 8 heteroatoms. The average molecular weight is 330 g/mol. The standard InChI is InChI=1S/C15H12ClN5O2/c1-9-8-13(21-23-9)20-15-17-7-6-12(19-15)14(22)18-11-4-2-10(16)3-5-11/h2-8H,1H3,(H,18,22)(H,17,19,20,21). The zero-order valence-corrected chi connectivity index (χ0v) is 12.8. The molecule has 0 unspecified atom stereocenters. The van der Waals surface area contributed by atoms with Crippen molar-refractivity contribution in [3.63, 3.8) is 0 Å². The van der Waals surface area contributed by atoms with E-state index in [9.17, 15) is 4.79 Å². The number of benzene rings is 1. The van der Waals surface area contributed by atoms with Gasteiger partial charge in [0.1, 0.15) is 11.5 Å². The molecule has 2 heterocycles. The number of carbonyl (C=O) groups excluding carboxylic acids is 1. The SMILES string of the molecule is Cc1cc(Nc2nccc(C(=O)Nc3ccc(Cl)cc3)n2)no1. The van der Waals surface area contributed by atoms with E-state index in [1.54, 1.807) is 37.3 Å². The Kier molecular flexibility index (Phi) is 4.20. The second-order valence-electron chi connectivity index (χ2n) is 4.67. The maximum Gasteiger partial charge on any atom is 0.274 e. The first-order valence-electron chi connectivity index (χ1n) is 6.70. The molecule has 1 amide bonds. The van der Waals surface area contributed by atoms with Crippen LogP contribution in [0.15, 0.2) is 47.1 Å². The van der Waals surface area contributed by atoms with Crippen LogP contribution in [0.25, 0.3) is 0 Å². The van der Waals surface area contributed by atoms with Gasteiger partial charge in [-0.25, -0.2) is 9.97 Å². The summed E-state index contributed by atoms with van der Waals surface area (Å²) >= 11 is 5.81. The normalized spacial score (nSPS) is 10.3. The maximum atomic E-state index is 12.2. The van der Waals surface area contributed by atoms with E-state index in [1.165, 1.54) is 12.3 Å². The van der Waals surface area contributed by atoms with Crippen LogP contribution in [-0.4, -0.2) is 21.0 Å². The Hall–Kier alpha value is -2.93. The summed E-state index contributed by atoms with van der Waals surface area (Å²) in [6.45, 7) is 1.77. The van der Waals surface area contributed by atoms with E-state index in [1.807, 2.05) is 0 Å². The summed E-state index contributed by atoms with van der Waals surface area (Å²) in [4.78, 5) is 20.4. The van der Waals surface area contributed by atoms with Gasteiger partial charge in [-0.1, -0.05) is 16.8 Å². The van der Waals surface area contributed by atoms with E-state index in [4.69, 9.17) is 16.1 Å². The molecule has 1 aromatic carbocycles. The molecule has 0 saturated carbocycles. The molecular formula is C15H12ClN5O2. The molecule has 0 aliphatic rings. The number of rotatable bonds is 4. The monoisotopic (exact) mass is 329 g/mol. The molecule has 116 valence electrons. The molecule has 0 aliphatic heterocycles. The van der Waals surface area contributed by atoms with Crippen LogP contribution in [0.4, 0.5) is 17.5 Å². The predicted octanol–water partition coefficient (Wildman–Crippen LogP) is 3.42. The van der Waals surface area contributed by atoms with E-state index in [-0.39, 0.29) is 17.5 Å². The number of amides is 1.